The van der Waals surface area contributed by atoms with Gasteiger partial charge in [-0.3, -0.25) is 4.79 Å². The van der Waals surface area contributed by atoms with Crippen molar-refractivity contribution >= 4 is 5.97 Å². The van der Waals surface area contributed by atoms with Gasteiger partial charge in [0.05, 0.1) is 12.2 Å². The number of hydrogen-bond donors (Lipinski definition) is 1. The topological polar surface area (TPSA) is 61.5 Å². The molecule has 98 valence electrons. The molecule has 1 heterocycles. The Labute approximate surface area is 103 Å². The molecule has 1 aliphatic heterocycles. The third kappa shape index (κ3) is 2.99. The molecule has 2 fully saturated rings. The molecule has 1 aliphatic carbocycles. The van der Waals surface area contributed by atoms with E-state index in [9.17, 15) is 4.79 Å². The molecule has 4 nitrogen and oxygen atoms in total. The summed E-state index contributed by atoms with van der Waals surface area (Å²) in [4.78, 5) is 12.1. The molecule has 1 saturated carbocycles. The van der Waals surface area contributed by atoms with Crippen LogP contribution in [0.5, 0.6) is 0 Å². The van der Waals surface area contributed by atoms with Gasteiger partial charge >= 0.3 is 5.97 Å². The van der Waals surface area contributed by atoms with Crippen molar-refractivity contribution in [2.45, 2.75) is 76.2 Å². The van der Waals surface area contributed by atoms with Crippen molar-refractivity contribution in [1.82, 2.24) is 0 Å². The van der Waals surface area contributed by atoms with Gasteiger partial charge in [0.2, 0.25) is 0 Å². The van der Waals surface area contributed by atoms with E-state index >= 15 is 0 Å². The molecule has 4 heteroatoms. The Morgan fingerprint density at radius 3 is 2.29 bits per heavy atom. The standard InChI is InChI=1S/C13H23NO3/c1-9-7-11(8-10(2)16-9)17-12(15)13(14)5-3-4-6-13/h9-11H,3-8,14H2,1-2H3. The molecular formula is C13H23NO3. The first-order valence-electron chi connectivity index (χ1n) is 6.65. The highest BCUT2D eigenvalue weighted by Crippen LogP contribution is 2.30. The van der Waals surface area contributed by atoms with Gasteiger partial charge in [-0.25, -0.2) is 0 Å². The number of ether oxygens (including phenoxy) is 2. The Morgan fingerprint density at radius 1 is 1.24 bits per heavy atom. The van der Waals surface area contributed by atoms with Crippen molar-refractivity contribution in [3.05, 3.63) is 0 Å². The second-order valence-electron chi connectivity index (χ2n) is 5.62. The highest BCUT2D eigenvalue weighted by atomic mass is 16.6. The minimum absolute atomic E-state index is 0.0257. The molecule has 2 unspecified atom stereocenters. The van der Waals surface area contributed by atoms with Crippen LogP contribution in [-0.2, 0) is 14.3 Å². The summed E-state index contributed by atoms with van der Waals surface area (Å²) < 4.78 is 11.2. The van der Waals surface area contributed by atoms with Gasteiger partial charge in [-0.15, -0.1) is 0 Å². The van der Waals surface area contributed by atoms with Crippen molar-refractivity contribution in [3.63, 3.8) is 0 Å². The van der Waals surface area contributed by atoms with Crippen LogP contribution >= 0.6 is 0 Å². The maximum atomic E-state index is 12.1. The minimum atomic E-state index is -0.717. The van der Waals surface area contributed by atoms with E-state index in [2.05, 4.69) is 0 Å². The van der Waals surface area contributed by atoms with Gasteiger partial charge < -0.3 is 15.2 Å². The van der Waals surface area contributed by atoms with Crippen LogP contribution in [0.15, 0.2) is 0 Å². The minimum Gasteiger partial charge on any atom is -0.461 e. The van der Waals surface area contributed by atoms with E-state index in [-0.39, 0.29) is 24.3 Å². The first kappa shape index (κ1) is 12.8. The highest BCUT2D eigenvalue weighted by molar-refractivity contribution is 5.81. The monoisotopic (exact) mass is 241 g/mol. The maximum absolute atomic E-state index is 12.1. The molecule has 0 amide bonds. The van der Waals surface area contributed by atoms with Gasteiger partial charge in [0.25, 0.3) is 0 Å². The van der Waals surface area contributed by atoms with Gasteiger partial charge in [-0.05, 0) is 26.7 Å². The Kier molecular flexibility index (Phi) is 3.73. The Bertz CT molecular complexity index is 276. The van der Waals surface area contributed by atoms with E-state index in [1.54, 1.807) is 0 Å². The lowest BCUT2D eigenvalue weighted by Crippen LogP contribution is -2.49. The number of carbonyl (C=O) groups is 1. The predicted molar refractivity (Wildman–Crippen MR) is 64.5 cm³/mol. The van der Waals surface area contributed by atoms with Crippen LogP contribution in [0.3, 0.4) is 0 Å². The zero-order valence-corrected chi connectivity index (χ0v) is 10.8. The lowest BCUT2D eigenvalue weighted by atomic mass is 9.98. The summed E-state index contributed by atoms with van der Waals surface area (Å²) in [5.74, 6) is -0.207. The van der Waals surface area contributed by atoms with Crippen LogP contribution in [0.1, 0.15) is 52.4 Å². The first-order valence-corrected chi connectivity index (χ1v) is 6.65. The fourth-order valence-corrected chi connectivity index (χ4v) is 2.92. The number of carbonyl (C=O) groups excluding carboxylic acids is 1. The predicted octanol–water partition coefficient (Wildman–Crippen LogP) is 1.76. The zero-order chi connectivity index (χ0) is 12.5. The zero-order valence-electron chi connectivity index (χ0n) is 10.8. The van der Waals surface area contributed by atoms with E-state index in [0.29, 0.717) is 0 Å². The van der Waals surface area contributed by atoms with Crippen LogP contribution in [-0.4, -0.2) is 29.8 Å². The van der Waals surface area contributed by atoms with E-state index < -0.39 is 5.54 Å². The summed E-state index contributed by atoms with van der Waals surface area (Å²) in [7, 11) is 0. The summed E-state index contributed by atoms with van der Waals surface area (Å²) in [5.41, 5.74) is 5.37. The third-order valence-electron chi connectivity index (χ3n) is 3.83. The molecule has 0 spiro atoms. The number of esters is 1. The molecule has 0 bridgehead atoms. The van der Waals surface area contributed by atoms with Gasteiger partial charge in [0, 0.05) is 12.8 Å². The molecule has 1 saturated heterocycles. The normalized spacial score (nSPS) is 36.8. The average Bonchev–Trinajstić information content (AvgIpc) is 2.64. The quantitative estimate of drug-likeness (QED) is 0.748. The number of nitrogens with two attached hydrogens (primary N) is 1. The lowest BCUT2D eigenvalue weighted by Gasteiger charge is -2.33. The molecular weight excluding hydrogens is 218 g/mol. The molecule has 17 heavy (non-hydrogen) atoms. The molecule has 2 aliphatic rings. The van der Waals surface area contributed by atoms with Crippen LogP contribution in [0.4, 0.5) is 0 Å². The Morgan fingerprint density at radius 2 is 1.76 bits per heavy atom. The van der Waals surface area contributed by atoms with Gasteiger partial charge in [-0.2, -0.15) is 0 Å². The van der Waals surface area contributed by atoms with Gasteiger partial charge in [0.15, 0.2) is 0 Å². The Hall–Kier alpha value is -0.610. The summed E-state index contributed by atoms with van der Waals surface area (Å²) in [6.07, 6.45) is 5.46. The fraction of sp³-hybridized carbons (Fsp3) is 0.923. The summed E-state index contributed by atoms with van der Waals surface area (Å²) >= 11 is 0. The van der Waals surface area contributed by atoms with Crippen molar-refractivity contribution in [3.8, 4) is 0 Å². The SMILES string of the molecule is CC1CC(OC(=O)C2(N)CCCC2)CC(C)O1. The molecule has 2 atom stereocenters. The molecule has 0 aromatic carbocycles. The van der Waals surface area contributed by atoms with Crippen molar-refractivity contribution in [1.29, 1.82) is 0 Å². The van der Waals surface area contributed by atoms with Gasteiger partial charge in [0.1, 0.15) is 11.6 Å². The van der Waals surface area contributed by atoms with E-state index in [4.69, 9.17) is 15.2 Å². The summed E-state index contributed by atoms with van der Waals surface area (Å²) in [5, 5.41) is 0. The Balaban J connectivity index is 1.89. The van der Waals surface area contributed by atoms with E-state index in [1.807, 2.05) is 13.8 Å². The van der Waals surface area contributed by atoms with Crippen LogP contribution < -0.4 is 5.73 Å². The highest BCUT2D eigenvalue weighted by Gasteiger charge is 2.40. The van der Waals surface area contributed by atoms with E-state index in [1.165, 1.54) is 0 Å². The van der Waals surface area contributed by atoms with Crippen LogP contribution in [0.25, 0.3) is 0 Å². The molecule has 2 N–H and O–H groups in total. The van der Waals surface area contributed by atoms with Crippen LogP contribution in [0.2, 0.25) is 0 Å². The summed E-state index contributed by atoms with van der Waals surface area (Å²) in [6.45, 7) is 4.04. The summed E-state index contributed by atoms with van der Waals surface area (Å²) in [6, 6.07) is 0. The van der Waals surface area contributed by atoms with E-state index in [0.717, 1.165) is 38.5 Å². The first-order chi connectivity index (χ1) is 7.99. The maximum Gasteiger partial charge on any atom is 0.326 e. The second-order valence-corrected chi connectivity index (χ2v) is 5.62. The van der Waals surface area contributed by atoms with Crippen LogP contribution in [0, 0.1) is 0 Å². The molecule has 0 radical (unpaired) electrons. The fourth-order valence-electron chi connectivity index (χ4n) is 2.92. The molecule has 2 rings (SSSR count). The number of rotatable bonds is 2. The second kappa shape index (κ2) is 4.94. The van der Waals surface area contributed by atoms with Crippen molar-refractivity contribution in [2.24, 2.45) is 5.73 Å². The third-order valence-corrected chi connectivity index (χ3v) is 3.83. The smallest absolute Gasteiger partial charge is 0.326 e. The van der Waals surface area contributed by atoms with Crippen molar-refractivity contribution < 1.29 is 14.3 Å². The van der Waals surface area contributed by atoms with Crippen molar-refractivity contribution in [2.75, 3.05) is 0 Å². The largest absolute Gasteiger partial charge is 0.461 e. The average molecular weight is 241 g/mol. The molecule has 0 aromatic heterocycles. The number of hydrogen-bond acceptors (Lipinski definition) is 4. The van der Waals surface area contributed by atoms with Gasteiger partial charge in [-0.1, -0.05) is 12.8 Å². The molecule has 0 aromatic rings. The lowest BCUT2D eigenvalue weighted by molar-refractivity contribution is -0.165.